The summed E-state index contributed by atoms with van der Waals surface area (Å²) in [5, 5.41) is 0. The highest BCUT2D eigenvalue weighted by Crippen LogP contribution is 2.57. The van der Waals surface area contributed by atoms with Crippen molar-refractivity contribution in [3.8, 4) is 0 Å². The maximum Gasteiger partial charge on any atom is 0.472 e. The molecule has 1 unspecified atom stereocenters. The molecule has 0 bridgehead atoms. The van der Waals surface area contributed by atoms with Crippen LogP contribution in [0.4, 0.5) is 0 Å². The van der Waals surface area contributed by atoms with Crippen LogP contribution in [0.2, 0.25) is 0 Å². The Morgan fingerprint density at radius 2 is 1.94 bits per heavy atom. The summed E-state index contributed by atoms with van der Waals surface area (Å²) in [5.41, 5.74) is 0.572. The van der Waals surface area contributed by atoms with E-state index in [2.05, 4.69) is 0 Å². The molecule has 0 aromatic heterocycles. The van der Waals surface area contributed by atoms with Crippen molar-refractivity contribution in [3.63, 3.8) is 0 Å². The van der Waals surface area contributed by atoms with Crippen LogP contribution in [0.3, 0.4) is 0 Å². The van der Waals surface area contributed by atoms with Gasteiger partial charge in [-0.15, -0.1) is 0 Å². The van der Waals surface area contributed by atoms with E-state index in [-0.39, 0.29) is 17.5 Å². The zero-order chi connectivity index (χ0) is 11.8. The van der Waals surface area contributed by atoms with Crippen LogP contribution in [0.5, 0.6) is 0 Å². The molecule has 1 aliphatic heterocycles. The fourth-order valence-corrected chi connectivity index (χ4v) is 3.00. The van der Waals surface area contributed by atoms with E-state index >= 15 is 0 Å². The summed E-state index contributed by atoms with van der Waals surface area (Å²) in [6, 6.07) is 9.43. The molecule has 1 aromatic carbocycles. The second-order valence-electron chi connectivity index (χ2n) is 4.63. The van der Waals surface area contributed by atoms with Gasteiger partial charge >= 0.3 is 7.82 Å². The lowest BCUT2D eigenvalue weighted by molar-refractivity contribution is -0.0472. The first-order valence-electron chi connectivity index (χ1n) is 5.11. The first kappa shape index (κ1) is 14.4. The zero-order valence-electron chi connectivity index (χ0n) is 9.79. The highest BCUT2D eigenvalue weighted by molar-refractivity contribution is 7.47. The van der Waals surface area contributed by atoms with E-state index in [1.165, 1.54) is 0 Å². The Hall–Kier alpha value is -0.710. The summed E-state index contributed by atoms with van der Waals surface area (Å²) in [6.07, 6.45) is -0.418. The van der Waals surface area contributed by atoms with Crippen LogP contribution >= 0.6 is 7.82 Å². The molecule has 0 saturated carbocycles. The molecule has 1 fully saturated rings. The molecule has 96 valence electrons. The fourth-order valence-electron chi connectivity index (χ4n) is 1.77. The van der Waals surface area contributed by atoms with Gasteiger partial charge in [-0.2, -0.15) is 0 Å². The van der Waals surface area contributed by atoms with Crippen molar-refractivity contribution in [2.24, 2.45) is 5.41 Å². The number of phosphoric ester groups is 1. The summed E-state index contributed by atoms with van der Waals surface area (Å²) >= 11 is 0. The van der Waals surface area contributed by atoms with Gasteiger partial charge in [-0.05, 0) is 5.56 Å². The number of phosphoric acid groups is 1. The zero-order valence-corrected chi connectivity index (χ0v) is 10.7. The van der Waals surface area contributed by atoms with Gasteiger partial charge in [0.05, 0.1) is 6.61 Å². The molecular weight excluding hydrogens is 243 g/mol. The van der Waals surface area contributed by atoms with Crippen LogP contribution in [-0.2, 0) is 13.6 Å². The molecule has 0 spiro atoms. The number of benzene rings is 1. The van der Waals surface area contributed by atoms with Gasteiger partial charge in [-0.25, -0.2) is 4.57 Å². The van der Waals surface area contributed by atoms with E-state index in [0.717, 1.165) is 5.56 Å². The molecule has 5 nitrogen and oxygen atoms in total. The summed E-state index contributed by atoms with van der Waals surface area (Å²) < 4.78 is 21.4. The van der Waals surface area contributed by atoms with Gasteiger partial charge in [0.2, 0.25) is 0 Å². The Labute approximate surface area is 100 Å². The van der Waals surface area contributed by atoms with Crippen LogP contribution in [0.15, 0.2) is 30.3 Å². The molecule has 17 heavy (non-hydrogen) atoms. The summed E-state index contributed by atoms with van der Waals surface area (Å²) in [6.45, 7) is 4.11. The van der Waals surface area contributed by atoms with Gasteiger partial charge in [0.25, 0.3) is 0 Å². The minimum Gasteiger partial charge on any atom is -0.412 e. The van der Waals surface area contributed by atoms with E-state index < -0.39 is 13.9 Å². The van der Waals surface area contributed by atoms with Gasteiger partial charge in [-0.1, -0.05) is 44.2 Å². The standard InChI is InChI=1S/C11H15O4P.H2O/c1-11(2)8-14-16(12,13)15-10(11)9-6-4-3-5-7-9;/h3-7,10H,8H2,1-2H3,(H,12,13);1H2/t10-;/m0./s1. The average Bonchev–Trinajstić information content (AvgIpc) is 2.24. The molecule has 3 N–H and O–H groups in total. The molecule has 0 radical (unpaired) electrons. The molecule has 6 heteroatoms. The van der Waals surface area contributed by atoms with Crippen LogP contribution in [0.25, 0.3) is 0 Å². The van der Waals surface area contributed by atoms with Crippen molar-refractivity contribution in [2.75, 3.05) is 6.61 Å². The Morgan fingerprint density at radius 1 is 1.35 bits per heavy atom. The highest BCUT2D eigenvalue weighted by atomic mass is 31.2. The first-order valence-corrected chi connectivity index (χ1v) is 6.61. The van der Waals surface area contributed by atoms with Crippen LogP contribution in [0.1, 0.15) is 25.5 Å². The summed E-state index contributed by atoms with van der Waals surface area (Å²) in [5.74, 6) is 0. The monoisotopic (exact) mass is 260 g/mol. The lowest BCUT2D eigenvalue weighted by atomic mass is 9.83. The largest absolute Gasteiger partial charge is 0.472 e. The second-order valence-corrected chi connectivity index (χ2v) is 6.03. The lowest BCUT2D eigenvalue weighted by Crippen LogP contribution is -2.33. The van der Waals surface area contributed by atoms with Crippen molar-refractivity contribution >= 4 is 7.82 Å². The van der Waals surface area contributed by atoms with Crippen LogP contribution in [0, 0.1) is 5.41 Å². The highest BCUT2D eigenvalue weighted by Gasteiger charge is 2.44. The molecule has 0 amide bonds. The fraction of sp³-hybridized carbons (Fsp3) is 0.455. The molecule has 2 rings (SSSR count). The Morgan fingerprint density at radius 3 is 2.53 bits per heavy atom. The first-order chi connectivity index (χ1) is 7.41. The average molecular weight is 260 g/mol. The smallest absolute Gasteiger partial charge is 0.412 e. The predicted octanol–water partition coefficient (Wildman–Crippen LogP) is 2.08. The quantitative estimate of drug-likeness (QED) is 0.783. The second kappa shape index (κ2) is 4.88. The Balaban J connectivity index is 0.00000144. The van der Waals surface area contributed by atoms with Crippen LogP contribution < -0.4 is 0 Å². The number of hydrogen-bond acceptors (Lipinski definition) is 3. The van der Waals surface area contributed by atoms with E-state index in [0.29, 0.717) is 0 Å². The van der Waals surface area contributed by atoms with Crippen molar-refractivity contribution < 1.29 is 24.0 Å². The van der Waals surface area contributed by atoms with Gasteiger partial charge in [0.1, 0.15) is 6.10 Å². The molecule has 1 saturated heterocycles. The molecule has 2 atom stereocenters. The van der Waals surface area contributed by atoms with E-state index in [1.54, 1.807) is 0 Å². The Bertz CT molecular complexity index is 417. The van der Waals surface area contributed by atoms with Crippen molar-refractivity contribution in [2.45, 2.75) is 20.0 Å². The normalized spacial score (nSPS) is 31.6. The maximum atomic E-state index is 11.4. The summed E-state index contributed by atoms with van der Waals surface area (Å²) in [4.78, 5) is 9.35. The van der Waals surface area contributed by atoms with Gasteiger partial charge in [-0.3, -0.25) is 9.05 Å². The third kappa shape index (κ3) is 3.15. The van der Waals surface area contributed by atoms with Gasteiger partial charge in [0, 0.05) is 5.41 Å². The number of rotatable bonds is 1. The summed E-state index contributed by atoms with van der Waals surface area (Å²) in [7, 11) is -3.89. The number of hydrogen-bond donors (Lipinski definition) is 1. The van der Waals surface area contributed by atoms with E-state index in [9.17, 15) is 9.46 Å². The van der Waals surface area contributed by atoms with Crippen molar-refractivity contribution in [1.82, 2.24) is 0 Å². The van der Waals surface area contributed by atoms with Crippen molar-refractivity contribution in [3.05, 3.63) is 35.9 Å². The van der Waals surface area contributed by atoms with Gasteiger partial charge in [0.15, 0.2) is 0 Å². The third-order valence-corrected chi connectivity index (χ3v) is 3.58. The molecule has 0 aliphatic carbocycles. The Kier molecular flexibility index (Phi) is 4.12. The lowest BCUT2D eigenvalue weighted by Gasteiger charge is -2.39. The minimum atomic E-state index is -3.89. The molecule has 1 aromatic rings. The topological polar surface area (TPSA) is 87.3 Å². The van der Waals surface area contributed by atoms with Crippen molar-refractivity contribution in [1.29, 1.82) is 0 Å². The SMILES string of the molecule is CC1(C)COP(=O)(O)O[C@H]1c1ccccc1.O. The minimum absolute atomic E-state index is 0. The van der Waals surface area contributed by atoms with Crippen LogP contribution in [-0.4, -0.2) is 17.0 Å². The molecule has 1 aliphatic rings. The third-order valence-electron chi connectivity index (χ3n) is 2.65. The predicted molar refractivity (Wildman–Crippen MR) is 63.4 cm³/mol. The van der Waals surface area contributed by atoms with Gasteiger partial charge < -0.3 is 10.4 Å². The van der Waals surface area contributed by atoms with E-state index in [4.69, 9.17) is 9.05 Å². The van der Waals surface area contributed by atoms with E-state index in [1.807, 2.05) is 44.2 Å². The maximum absolute atomic E-state index is 11.4. The molecule has 1 heterocycles. The molecular formula is C11H17O5P.